The Bertz CT molecular complexity index is 1070. The van der Waals surface area contributed by atoms with Crippen molar-refractivity contribution in [3.05, 3.63) is 63.9 Å². The Morgan fingerprint density at radius 1 is 1.29 bits per heavy atom. The van der Waals surface area contributed by atoms with Crippen LogP contribution in [0.2, 0.25) is 0 Å². The number of hydrazone groups is 1. The van der Waals surface area contributed by atoms with Gasteiger partial charge in [0.2, 0.25) is 5.95 Å². The molecule has 0 bridgehead atoms. The Balaban J connectivity index is 1.99. The molecule has 146 valence electrons. The number of nitrogens with zero attached hydrogens (tertiary/aromatic N) is 3. The van der Waals surface area contributed by atoms with Crippen molar-refractivity contribution in [2.24, 2.45) is 5.10 Å². The lowest BCUT2D eigenvalue weighted by atomic mass is 10.1. The van der Waals surface area contributed by atoms with Crippen LogP contribution in [0.1, 0.15) is 24.5 Å². The van der Waals surface area contributed by atoms with E-state index in [0.29, 0.717) is 47.7 Å². The van der Waals surface area contributed by atoms with E-state index in [1.165, 1.54) is 0 Å². The summed E-state index contributed by atoms with van der Waals surface area (Å²) in [5.41, 5.74) is 5.61. The highest BCUT2D eigenvalue weighted by molar-refractivity contribution is 6.01. The average Bonchev–Trinajstić information content (AvgIpc) is 2.70. The van der Waals surface area contributed by atoms with Crippen LogP contribution in [0.15, 0.2) is 52.4 Å². The number of anilines is 1. The number of aromatic hydroxyl groups is 1. The number of aromatic nitrogens is 2. The molecule has 0 aliphatic rings. The molecule has 0 radical (unpaired) electrons. The van der Waals surface area contributed by atoms with Gasteiger partial charge in [-0.2, -0.15) is 5.10 Å². The van der Waals surface area contributed by atoms with Crippen LogP contribution >= 0.6 is 0 Å². The quantitative estimate of drug-likeness (QED) is 0.373. The van der Waals surface area contributed by atoms with E-state index >= 15 is 0 Å². The van der Waals surface area contributed by atoms with Gasteiger partial charge in [0.25, 0.3) is 5.56 Å². The van der Waals surface area contributed by atoms with Gasteiger partial charge in [-0.3, -0.25) is 9.36 Å². The first kappa shape index (κ1) is 19.6. The summed E-state index contributed by atoms with van der Waals surface area (Å²) in [4.78, 5) is 17.5. The van der Waals surface area contributed by atoms with E-state index in [0.717, 1.165) is 5.56 Å². The first-order valence-corrected chi connectivity index (χ1v) is 9.10. The number of benzene rings is 2. The molecule has 7 heteroatoms. The number of ether oxygens (including phenoxy) is 1. The van der Waals surface area contributed by atoms with Crippen LogP contribution in [0.4, 0.5) is 5.95 Å². The molecule has 0 saturated heterocycles. The third kappa shape index (κ3) is 4.20. The molecular formula is C21H24N4O3. The molecular weight excluding hydrogens is 356 g/mol. The number of fused-ring (bicyclic) bond motifs is 1. The molecule has 1 heterocycles. The lowest BCUT2D eigenvalue weighted by Crippen LogP contribution is -2.25. The number of methoxy groups -OCH3 is 1. The van der Waals surface area contributed by atoms with Gasteiger partial charge in [-0.15, -0.1) is 0 Å². The first-order chi connectivity index (χ1) is 13.5. The number of phenolic OH excluding ortho intramolecular Hbond substituents is 1. The minimum atomic E-state index is -0.129. The van der Waals surface area contributed by atoms with Crippen molar-refractivity contribution < 1.29 is 9.84 Å². The monoisotopic (exact) mass is 380 g/mol. The summed E-state index contributed by atoms with van der Waals surface area (Å²) in [6, 6.07) is 12.5. The Hall–Kier alpha value is -3.19. The van der Waals surface area contributed by atoms with Crippen LogP contribution in [0, 0.1) is 6.92 Å². The van der Waals surface area contributed by atoms with Gasteiger partial charge in [0.1, 0.15) is 5.75 Å². The van der Waals surface area contributed by atoms with Crippen LogP contribution in [-0.2, 0) is 11.3 Å². The molecule has 0 saturated carbocycles. The first-order valence-electron chi connectivity index (χ1n) is 9.10. The van der Waals surface area contributed by atoms with Gasteiger partial charge in [0, 0.05) is 25.8 Å². The van der Waals surface area contributed by atoms with Gasteiger partial charge in [-0.25, -0.2) is 10.4 Å². The minimum Gasteiger partial charge on any atom is -0.507 e. The summed E-state index contributed by atoms with van der Waals surface area (Å²) in [5, 5.41) is 15.0. The predicted molar refractivity (Wildman–Crippen MR) is 111 cm³/mol. The summed E-state index contributed by atoms with van der Waals surface area (Å²) in [6.45, 7) is 4.73. The maximum atomic E-state index is 12.9. The van der Waals surface area contributed by atoms with E-state index in [4.69, 9.17) is 4.74 Å². The number of aryl methyl sites for hydroxylation is 1. The van der Waals surface area contributed by atoms with Crippen LogP contribution in [0.5, 0.6) is 5.75 Å². The van der Waals surface area contributed by atoms with Gasteiger partial charge in [0.15, 0.2) is 0 Å². The molecule has 0 aliphatic carbocycles. The normalized spacial score (nSPS) is 11.8. The maximum absolute atomic E-state index is 12.9. The molecule has 1 aromatic heterocycles. The maximum Gasteiger partial charge on any atom is 0.262 e. The molecule has 28 heavy (non-hydrogen) atoms. The van der Waals surface area contributed by atoms with Gasteiger partial charge >= 0.3 is 0 Å². The fraction of sp³-hybridized carbons (Fsp3) is 0.286. The molecule has 0 spiro atoms. The van der Waals surface area contributed by atoms with E-state index in [9.17, 15) is 9.90 Å². The SMILES string of the molecule is COCCCn1c(N/N=C(\C)c2cc(C)ccc2O)nc2ccccc2c1=O. The van der Waals surface area contributed by atoms with Crippen LogP contribution in [0.25, 0.3) is 10.9 Å². The zero-order chi connectivity index (χ0) is 20.1. The summed E-state index contributed by atoms with van der Waals surface area (Å²) < 4.78 is 6.66. The Kier molecular flexibility index (Phi) is 6.06. The second kappa shape index (κ2) is 8.67. The van der Waals surface area contributed by atoms with Crippen molar-refractivity contribution in [1.29, 1.82) is 0 Å². The number of para-hydroxylation sites is 1. The highest BCUT2D eigenvalue weighted by Gasteiger charge is 2.11. The van der Waals surface area contributed by atoms with Gasteiger partial charge in [-0.1, -0.05) is 23.8 Å². The molecule has 0 atom stereocenters. The number of rotatable bonds is 7. The van der Waals surface area contributed by atoms with Crippen LogP contribution in [0.3, 0.4) is 0 Å². The molecule has 2 N–H and O–H groups in total. The number of hydrogen-bond donors (Lipinski definition) is 2. The van der Waals surface area contributed by atoms with E-state index < -0.39 is 0 Å². The second-order valence-corrected chi connectivity index (χ2v) is 6.59. The van der Waals surface area contributed by atoms with Gasteiger partial charge in [-0.05, 0) is 44.5 Å². The van der Waals surface area contributed by atoms with E-state index in [1.807, 2.05) is 31.2 Å². The zero-order valence-electron chi connectivity index (χ0n) is 16.3. The zero-order valence-corrected chi connectivity index (χ0v) is 16.3. The molecule has 0 fully saturated rings. The third-order valence-corrected chi connectivity index (χ3v) is 4.46. The Labute approximate surface area is 163 Å². The molecule has 0 amide bonds. The topological polar surface area (TPSA) is 88.7 Å². The average molecular weight is 380 g/mol. The summed E-state index contributed by atoms with van der Waals surface area (Å²) >= 11 is 0. The fourth-order valence-electron chi connectivity index (χ4n) is 2.96. The minimum absolute atomic E-state index is 0.129. The van der Waals surface area contributed by atoms with Crippen molar-refractivity contribution >= 4 is 22.6 Å². The smallest absolute Gasteiger partial charge is 0.262 e. The lowest BCUT2D eigenvalue weighted by molar-refractivity contribution is 0.190. The highest BCUT2D eigenvalue weighted by Crippen LogP contribution is 2.19. The highest BCUT2D eigenvalue weighted by atomic mass is 16.5. The molecule has 7 nitrogen and oxygen atoms in total. The van der Waals surface area contributed by atoms with E-state index in [2.05, 4.69) is 15.5 Å². The van der Waals surface area contributed by atoms with Crippen molar-refractivity contribution in [2.75, 3.05) is 19.1 Å². The lowest BCUT2D eigenvalue weighted by Gasteiger charge is -2.13. The summed E-state index contributed by atoms with van der Waals surface area (Å²) in [6.07, 6.45) is 0.673. The van der Waals surface area contributed by atoms with Gasteiger partial charge in [0.05, 0.1) is 16.6 Å². The molecule has 3 aromatic rings. The Morgan fingerprint density at radius 3 is 2.86 bits per heavy atom. The molecule has 0 unspecified atom stereocenters. The van der Waals surface area contributed by atoms with E-state index in [-0.39, 0.29) is 11.3 Å². The molecule has 0 aliphatic heterocycles. The van der Waals surface area contributed by atoms with Crippen molar-refractivity contribution in [3.63, 3.8) is 0 Å². The Morgan fingerprint density at radius 2 is 2.07 bits per heavy atom. The summed E-state index contributed by atoms with van der Waals surface area (Å²) in [5.74, 6) is 0.504. The van der Waals surface area contributed by atoms with Gasteiger partial charge < -0.3 is 9.84 Å². The van der Waals surface area contributed by atoms with Crippen LogP contribution in [-0.4, -0.2) is 34.1 Å². The van der Waals surface area contributed by atoms with E-state index in [1.54, 1.807) is 36.8 Å². The largest absolute Gasteiger partial charge is 0.507 e. The van der Waals surface area contributed by atoms with Crippen molar-refractivity contribution in [1.82, 2.24) is 9.55 Å². The van der Waals surface area contributed by atoms with Crippen molar-refractivity contribution in [2.45, 2.75) is 26.8 Å². The second-order valence-electron chi connectivity index (χ2n) is 6.59. The number of nitrogens with one attached hydrogen (secondary N) is 1. The predicted octanol–water partition coefficient (Wildman–Crippen LogP) is 3.28. The standard InChI is InChI=1S/C21H24N4O3/c1-14-9-10-19(26)17(13-14)15(2)23-24-21-22-18-8-5-4-7-16(18)20(27)25(21)11-6-12-28-3/h4-5,7-10,13,26H,6,11-12H2,1-3H3,(H,22,24)/b23-15+. The third-order valence-electron chi connectivity index (χ3n) is 4.46. The van der Waals surface area contributed by atoms with Crippen molar-refractivity contribution in [3.8, 4) is 5.75 Å². The fourth-order valence-corrected chi connectivity index (χ4v) is 2.96. The molecule has 3 rings (SSSR count). The number of phenols is 1. The molecule has 2 aromatic carbocycles. The number of hydrogen-bond acceptors (Lipinski definition) is 6. The van der Waals surface area contributed by atoms with Crippen LogP contribution < -0.4 is 11.0 Å². The summed E-state index contributed by atoms with van der Waals surface area (Å²) in [7, 11) is 1.63.